The van der Waals surface area contributed by atoms with Crippen molar-refractivity contribution in [3.63, 3.8) is 0 Å². The molecule has 0 radical (unpaired) electrons. The normalized spacial score (nSPS) is 14.6. The molecule has 2 atom stereocenters. The lowest BCUT2D eigenvalue weighted by atomic mass is 10.0. The quantitative estimate of drug-likeness (QED) is 0.0583. The number of rotatable bonds is 50. The van der Waals surface area contributed by atoms with Crippen LogP contribution in [0.3, 0.4) is 0 Å². The van der Waals surface area contributed by atoms with Crippen LogP contribution in [0.2, 0.25) is 0 Å². The van der Waals surface area contributed by atoms with Gasteiger partial charge < -0.3 is 34.8 Å². The first kappa shape index (κ1) is 61.9. The highest BCUT2D eigenvalue weighted by atomic mass is 16.5. The number of amides is 4. The monoisotopic (exact) mass is 960 g/mol. The number of methoxy groups -OCH3 is 2. The third-order valence-electron chi connectivity index (χ3n) is 14.6. The molecule has 4 amide bonds. The zero-order chi connectivity index (χ0) is 49.3. The highest BCUT2D eigenvalue weighted by Gasteiger charge is 2.43. The maximum absolute atomic E-state index is 13.7. The van der Waals surface area contributed by atoms with Gasteiger partial charge in [0.25, 0.3) is 0 Å². The summed E-state index contributed by atoms with van der Waals surface area (Å²) >= 11 is 0. The minimum Gasteiger partial charge on any atom is -0.383 e. The molecule has 2 saturated carbocycles. The van der Waals surface area contributed by atoms with E-state index in [1.54, 1.807) is 24.0 Å². The summed E-state index contributed by atoms with van der Waals surface area (Å²) in [5, 5.41) is 6.29. The molecule has 0 bridgehead atoms. The van der Waals surface area contributed by atoms with E-state index < -0.39 is 12.1 Å². The number of hydrogen-bond acceptors (Lipinski definition) is 7. The maximum Gasteiger partial charge on any atom is 0.243 e. The molecule has 0 aliphatic heterocycles. The Bertz CT molecular complexity index is 1150. The lowest BCUT2D eigenvalue weighted by Crippen LogP contribution is -2.53. The van der Waals surface area contributed by atoms with Gasteiger partial charge >= 0.3 is 0 Å². The Labute approximate surface area is 418 Å². The van der Waals surface area contributed by atoms with Crippen molar-refractivity contribution in [3.8, 4) is 0 Å². The Morgan fingerprint density at radius 1 is 0.426 bits per heavy atom. The van der Waals surface area contributed by atoms with Crippen LogP contribution in [0.15, 0.2) is 0 Å². The van der Waals surface area contributed by atoms with E-state index in [1.807, 2.05) is 7.05 Å². The summed E-state index contributed by atoms with van der Waals surface area (Å²) in [4.78, 5) is 60.4. The molecule has 2 rings (SSSR count). The molecule has 0 aromatic rings. The van der Waals surface area contributed by atoms with Crippen LogP contribution < -0.4 is 10.6 Å². The average Bonchev–Trinajstić information content (AvgIpc) is 4.28. The summed E-state index contributed by atoms with van der Waals surface area (Å²) in [6, 6.07) is -0.915. The molecule has 68 heavy (non-hydrogen) atoms. The zero-order valence-electron chi connectivity index (χ0n) is 45.2. The second-order valence-electron chi connectivity index (χ2n) is 21.0. The summed E-state index contributed by atoms with van der Waals surface area (Å²) in [6.45, 7) is 8.39. The molecular weight excluding hydrogens is 851 g/mol. The first-order valence-corrected chi connectivity index (χ1v) is 29.1. The number of nitrogens with one attached hydrogen (secondary N) is 2. The average molecular weight is 961 g/mol. The Kier molecular flexibility index (Phi) is 38.6. The molecule has 0 saturated heterocycles. The van der Waals surface area contributed by atoms with Gasteiger partial charge in [-0.05, 0) is 57.4 Å². The fourth-order valence-corrected chi connectivity index (χ4v) is 9.90. The molecule has 11 nitrogen and oxygen atoms in total. The SMILES string of the molecule is CCCCCCCCCCCCCCCCCC(=O)N(CCOC)C(C(=O)NCCN(C)CCNC(=O)C(C1CC1)N(CCOC)C(=O)CCCCCCCCCCCCCCCCC)C1CC1. The van der Waals surface area contributed by atoms with Crippen LogP contribution in [0.4, 0.5) is 0 Å². The predicted molar refractivity (Wildman–Crippen MR) is 283 cm³/mol. The molecule has 2 N–H and O–H groups in total. The van der Waals surface area contributed by atoms with Gasteiger partial charge in [-0.15, -0.1) is 0 Å². The molecule has 0 heterocycles. The third-order valence-corrected chi connectivity index (χ3v) is 14.6. The number of carbonyl (C=O) groups excluding carboxylic acids is 4. The van der Waals surface area contributed by atoms with E-state index in [2.05, 4.69) is 29.4 Å². The minimum absolute atomic E-state index is 0.0636. The van der Waals surface area contributed by atoms with E-state index in [0.29, 0.717) is 65.3 Å². The zero-order valence-corrected chi connectivity index (χ0v) is 45.2. The minimum atomic E-state index is -0.457. The standard InChI is InChI=1S/C57H109N5O6/c1-6-8-10-12-14-16-18-20-22-24-26-28-30-32-34-36-52(63)61(46-48-67-4)54(50-38-39-50)56(65)58-42-44-60(3)45-43-59-57(66)55(51-40-41-51)62(47-49-68-5)53(64)37-35-33-31-29-27-25-23-21-19-17-15-13-11-9-7-2/h50-51,54-55H,6-49H2,1-5H3,(H,58,65)(H,59,66). The van der Waals surface area contributed by atoms with Crippen LogP contribution in [0, 0.1) is 11.8 Å². The van der Waals surface area contributed by atoms with E-state index in [1.165, 1.54) is 167 Å². The molecule has 2 aliphatic rings. The number of ether oxygens (including phenoxy) is 2. The summed E-state index contributed by atoms with van der Waals surface area (Å²) < 4.78 is 10.8. The maximum atomic E-state index is 13.7. The fourth-order valence-electron chi connectivity index (χ4n) is 9.90. The molecule has 2 fully saturated rings. The fraction of sp³-hybridized carbons (Fsp3) is 0.930. The van der Waals surface area contributed by atoms with Crippen LogP contribution in [0.5, 0.6) is 0 Å². The number of nitrogens with zero attached hydrogens (tertiary/aromatic N) is 3. The Morgan fingerprint density at radius 3 is 0.941 bits per heavy atom. The molecule has 0 aromatic heterocycles. The van der Waals surface area contributed by atoms with Gasteiger partial charge in [0.05, 0.1) is 13.2 Å². The van der Waals surface area contributed by atoms with Crippen LogP contribution in [0.25, 0.3) is 0 Å². The molecule has 0 aromatic carbocycles. The second-order valence-corrected chi connectivity index (χ2v) is 21.0. The van der Waals surface area contributed by atoms with Gasteiger partial charge in [0.2, 0.25) is 23.6 Å². The van der Waals surface area contributed by atoms with E-state index in [-0.39, 0.29) is 35.5 Å². The van der Waals surface area contributed by atoms with Gasteiger partial charge in [-0.2, -0.15) is 0 Å². The van der Waals surface area contributed by atoms with E-state index in [9.17, 15) is 19.2 Å². The number of carbonyl (C=O) groups is 4. The van der Waals surface area contributed by atoms with Gasteiger partial charge in [-0.25, -0.2) is 0 Å². The topological polar surface area (TPSA) is 121 Å². The second kappa shape index (κ2) is 42.4. The van der Waals surface area contributed by atoms with Gasteiger partial charge in [0.15, 0.2) is 0 Å². The lowest BCUT2D eigenvalue weighted by Gasteiger charge is -2.32. The van der Waals surface area contributed by atoms with Crippen molar-refractivity contribution in [1.29, 1.82) is 0 Å². The largest absolute Gasteiger partial charge is 0.383 e. The summed E-state index contributed by atoms with van der Waals surface area (Å²) in [5.74, 6) is 0.370. The molecule has 398 valence electrons. The summed E-state index contributed by atoms with van der Waals surface area (Å²) in [6.07, 6.45) is 43.5. The van der Waals surface area contributed by atoms with Crippen molar-refractivity contribution in [2.45, 2.75) is 257 Å². The highest BCUT2D eigenvalue weighted by Crippen LogP contribution is 2.37. The van der Waals surface area contributed by atoms with Crippen LogP contribution >= 0.6 is 0 Å². The first-order valence-electron chi connectivity index (χ1n) is 29.1. The number of unbranched alkanes of at least 4 members (excludes halogenated alkanes) is 28. The van der Waals surface area contributed by atoms with Gasteiger partial charge in [0.1, 0.15) is 12.1 Å². The Morgan fingerprint density at radius 2 is 0.691 bits per heavy atom. The molecule has 0 spiro atoms. The smallest absolute Gasteiger partial charge is 0.243 e. The van der Waals surface area contributed by atoms with E-state index in [0.717, 1.165) is 51.4 Å². The van der Waals surface area contributed by atoms with Crippen molar-refractivity contribution in [2.75, 3.05) is 73.7 Å². The van der Waals surface area contributed by atoms with Gasteiger partial charge in [-0.3, -0.25) is 19.2 Å². The lowest BCUT2D eigenvalue weighted by molar-refractivity contribution is -0.142. The van der Waals surface area contributed by atoms with Crippen molar-refractivity contribution < 1.29 is 28.7 Å². The van der Waals surface area contributed by atoms with Crippen LogP contribution in [-0.4, -0.2) is 124 Å². The van der Waals surface area contributed by atoms with E-state index >= 15 is 0 Å². The van der Waals surface area contributed by atoms with E-state index in [4.69, 9.17) is 9.47 Å². The summed E-state index contributed by atoms with van der Waals surface area (Å²) in [5.41, 5.74) is 0. The number of likely N-dealkylation sites (N-methyl/N-ethyl adjacent to an activating group) is 1. The number of hydrogen-bond donors (Lipinski definition) is 2. The van der Waals surface area contributed by atoms with Crippen molar-refractivity contribution in [2.24, 2.45) is 11.8 Å². The first-order chi connectivity index (χ1) is 33.3. The Balaban J connectivity index is 1.68. The van der Waals surface area contributed by atoms with Crippen molar-refractivity contribution in [3.05, 3.63) is 0 Å². The molecule has 11 heteroatoms. The molecular formula is C57H109N5O6. The summed E-state index contributed by atoms with van der Waals surface area (Å²) in [7, 11) is 5.28. The highest BCUT2D eigenvalue weighted by molar-refractivity contribution is 5.89. The van der Waals surface area contributed by atoms with Crippen LogP contribution in [-0.2, 0) is 28.7 Å². The molecule has 2 aliphatic carbocycles. The van der Waals surface area contributed by atoms with Gasteiger partial charge in [-0.1, -0.05) is 194 Å². The van der Waals surface area contributed by atoms with Gasteiger partial charge in [0, 0.05) is 66.3 Å². The Hall–Kier alpha value is -2.24. The van der Waals surface area contributed by atoms with Crippen molar-refractivity contribution >= 4 is 23.6 Å². The third kappa shape index (κ3) is 31.2. The predicted octanol–water partition coefficient (Wildman–Crippen LogP) is 12.2. The van der Waals surface area contributed by atoms with Crippen molar-refractivity contribution in [1.82, 2.24) is 25.3 Å². The molecule has 2 unspecified atom stereocenters. The van der Waals surface area contributed by atoms with Crippen LogP contribution in [0.1, 0.15) is 245 Å².